The van der Waals surface area contributed by atoms with Gasteiger partial charge in [0, 0.05) is 30.4 Å². The fourth-order valence-corrected chi connectivity index (χ4v) is 3.25. The summed E-state index contributed by atoms with van der Waals surface area (Å²) in [7, 11) is 0. The quantitative estimate of drug-likeness (QED) is 0.906. The van der Waals surface area contributed by atoms with Crippen LogP contribution in [-0.4, -0.2) is 34.9 Å². The third kappa shape index (κ3) is 5.09. The van der Waals surface area contributed by atoms with Crippen LogP contribution in [0.4, 0.5) is 0 Å². The molecule has 122 valence electrons. The van der Waals surface area contributed by atoms with Crippen molar-refractivity contribution in [3.63, 3.8) is 0 Å². The number of aromatic nitrogens is 1. The zero-order chi connectivity index (χ0) is 14.0. The van der Waals surface area contributed by atoms with Gasteiger partial charge in [-0.05, 0) is 25.7 Å². The van der Waals surface area contributed by atoms with Crippen LogP contribution in [0.1, 0.15) is 55.0 Å². The molecule has 1 saturated heterocycles. The van der Waals surface area contributed by atoms with E-state index in [4.69, 9.17) is 5.73 Å². The number of hydrogen-bond acceptors (Lipinski definition) is 4. The molecular formula is C14H25Cl2N3OS. The number of halogens is 2. The van der Waals surface area contributed by atoms with Gasteiger partial charge in [-0.25, -0.2) is 4.98 Å². The molecule has 1 aromatic rings. The first-order chi connectivity index (χ1) is 8.99. The molecule has 2 heterocycles. The maximum absolute atomic E-state index is 12.4. The second-order valence-electron chi connectivity index (χ2n) is 5.74. The summed E-state index contributed by atoms with van der Waals surface area (Å²) in [5.74, 6) is 0.860. The lowest BCUT2D eigenvalue weighted by molar-refractivity contribution is 0.0655. The van der Waals surface area contributed by atoms with Crippen molar-refractivity contribution >= 4 is 42.1 Å². The van der Waals surface area contributed by atoms with E-state index in [-0.39, 0.29) is 36.8 Å². The number of amides is 1. The third-order valence-electron chi connectivity index (χ3n) is 3.72. The van der Waals surface area contributed by atoms with E-state index in [2.05, 4.69) is 18.8 Å². The van der Waals surface area contributed by atoms with Crippen LogP contribution in [0.2, 0.25) is 0 Å². The maximum Gasteiger partial charge on any atom is 0.273 e. The van der Waals surface area contributed by atoms with Crippen LogP contribution in [0.15, 0.2) is 5.38 Å². The number of carbonyl (C=O) groups is 1. The van der Waals surface area contributed by atoms with E-state index in [1.165, 1.54) is 0 Å². The van der Waals surface area contributed by atoms with Crippen LogP contribution in [0.5, 0.6) is 0 Å². The van der Waals surface area contributed by atoms with Crippen molar-refractivity contribution in [2.45, 2.75) is 45.6 Å². The Kier molecular flexibility index (Phi) is 8.78. The van der Waals surface area contributed by atoms with Crippen molar-refractivity contribution in [2.75, 3.05) is 13.1 Å². The highest BCUT2D eigenvalue weighted by Crippen LogP contribution is 2.23. The average Bonchev–Trinajstić information content (AvgIpc) is 2.87. The molecule has 1 aliphatic heterocycles. The van der Waals surface area contributed by atoms with Gasteiger partial charge in [0.25, 0.3) is 5.91 Å². The van der Waals surface area contributed by atoms with E-state index in [1.807, 2.05) is 17.2 Å². The Balaban J connectivity index is 0.00000200. The zero-order valence-corrected chi connectivity index (χ0v) is 15.2. The Labute approximate surface area is 143 Å². The molecule has 2 unspecified atom stereocenters. The molecule has 2 N–H and O–H groups in total. The Hall–Kier alpha value is -0.360. The predicted molar refractivity (Wildman–Crippen MR) is 93.0 cm³/mol. The van der Waals surface area contributed by atoms with Gasteiger partial charge in [0.1, 0.15) is 5.69 Å². The van der Waals surface area contributed by atoms with Crippen LogP contribution in [-0.2, 0) is 0 Å². The van der Waals surface area contributed by atoms with Gasteiger partial charge in [0.2, 0.25) is 0 Å². The number of nitrogens with zero attached hydrogens (tertiary/aromatic N) is 2. The molecule has 1 fully saturated rings. The summed E-state index contributed by atoms with van der Waals surface area (Å²) in [4.78, 5) is 18.8. The van der Waals surface area contributed by atoms with Crippen LogP contribution in [0.3, 0.4) is 0 Å². The highest BCUT2D eigenvalue weighted by atomic mass is 35.5. The zero-order valence-electron chi connectivity index (χ0n) is 12.7. The number of rotatable bonds is 3. The third-order valence-corrected chi connectivity index (χ3v) is 4.87. The summed E-state index contributed by atoms with van der Waals surface area (Å²) in [5, 5.41) is 2.91. The number of carbonyl (C=O) groups excluding carboxylic acids is 1. The highest BCUT2D eigenvalue weighted by molar-refractivity contribution is 7.09. The summed E-state index contributed by atoms with van der Waals surface area (Å²) in [6.07, 6.45) is 2.16. The van der Waals surface area contributed by atoms with E-state index in [9.17, 15) is 4.79 Å². The van der Waals surface area contributed by atoms with Gasteiger partial charge < -0.3 is 10.6 Å². The van der Waals surface area contributed by atoms with Gasteiger partial charge in [0.05, 0.1) is 5.01 Å². The molecular weight excluding hydrogens is 329 g/mol. The first kappa shape index (κ1) is 20.6. The Morgan fingerprint density at radius 1 is 1.43 bits per heavy atom. The number of likely N-dealkylation sites (tertiary alicyclic amines) is 1. The van der Waals surface area contributed by atoms with E-state index in [1.54, 1.807) is 11.3 Å². The SMILES string of the molecule is CC(C)c1nc(C(=O)N2CCCC(C(C)N)C2)cs1.Cl.Cl. The van der Waals surface area contributed by atoms with Crippen molar-refractivity contribution < 1.29 is 4.79 Å². The Bertz CT molecular complexity index is 451. The van der Waals surface area contributed by atoms with Crippen molar-refractivity contribution in [3.05, 3.63) is 16.1 Å². The Morgan fingerprint density at radius 3 is 2.62 bits per heavy atom. The number of nitrogens with two attached hydrogens (primary N) is 1. The lowest BCUT2D eigenvalue weighted by atomic mass is 9.92. The molecule has 0 saturated carbocycles. The smallest absolute Gasteiger partial charge is 0.273 e. The van der Waals surface area contributed by atoms with E-state index >= 15 is 0 Å². The highest BCUT2D eigenvalue weighted by Gasteiger charge is 2.27. The van der Waals surface area contributed by atoms with Crippen LogP contribution in [0, 0.1) is 5.92 Å². The fourth-order valence-electron chi connectivity index (χ4n) is 2.44. The summed E-state index contributed by atoms with van der Waals surface area (Å²) < 4.78 is 0. The second kappa shape index (κ2) is 8.93. The molecule has 1 aliphatic rings. The standard InChI is InChI=1S/C14H23N3OS.2ClH/c1-9(2)13-16-12(8-19-13)14(18)17-6-4-5-11(7-17)10(3)15;;/h8-11H,4-7,15H2,1-3H3;2*1H. The first-order valence-electron chi connectivity index (χ1n) is 6.99. The van der Waals surface area contributed by atoms with Crippen molar-refractivity contribution in [1.82, 2.24) is 9.88 Å². The monoisotopic (exact) mass is 353 g/mol. The van der Waals surface area contributed by atoms with Gasteiger partial charge in [-0.3, -0.25) is 4.79 Å². The van der Waals surface area contributed by atoms with Crippen LogP contribution >= 0.6 is 36.2 Å². The summed E-state index contributed by atoms with van der Waals surface area (Å²) >= 11 is 1.57. The van der Waals surface area contributed by atoms with Crippen molar-refractivity contribution in [1.29, 1.82) is 0 Å². The molecule has 2 atom stereocenters. The van der Waals surface area contributed by atoms with Gasteiger partial charge in [-0.2, -0.15) is 0 Å². The molecule has 1 aromatic heterocycles. The molecule has 2 rings (SSSR count). The molecule has 0 spiro atoms. The summed E-state index contributed by atoms with van der Waals surface area (Å²) in [6.45, 7) is 7.82. The molecule has 0 radical (unpaired) electrons. The minimum absolute atomic E-state index is 0. The predicted octanol–water partition coefficient (Wildman–Crippen LogP) is 3.31. The van der Waals surface area contributed by atoms with Crippen LogP contribution in [0.25, 0.3) is 0 Å². The molecule has 1 amide bonds. The first-order valence-corrected chi connectivity index (χ1v) is 7.87. The maximum atomic E-state index is 12.4. The number of thiazole rings is 1. The number of hydrogen-bond donors (Lipinski definition) is 1. The lowest BCUT2D eigenvalue weighted by Gasteiger charge is -2.34. The molecule has 0 aromatic carbocycles. The van der Waals surface area contributed by atoms with Gasteiger partial charge >= 0.3 is 0 Å². The van der Waals surface area contributed by atoms with Gasteiger partial charge in [0.15, 0.2) is 0 Å². The molecule has 4 nitrogen and oxygen atoms in total. The molecule has 0 aliphatic carbocycles. The molecule has 7 heteroatoms. The lowest BCUT2D eigenvalue weighted by Crippen LogP contribution is -2.45. The normalized spacial score (nSPS) is 19.7. The molecule has 21 heavy (non-hydrogen) atoms. The summed E-state index contributed by atoms with van der Waals surface area (Å²) in [5.41, 5.74) is 6.56. The molecule has 0 bridgehead atoms. The Morgan fingerprint density at radius 2 is 2.10 bits per heavy atom. The average molecular weight is 354 g/mol. The van der Waals surface area contributed by atoms with Gasteiger partial charge in [-0.1, -0.05) is 13.8 Å². The second-order valence-corrected chi connectivity index (χ2v) is 6.63. The topological polar surface area (TPSA) is 59.2 Å². The van der Waals surface area contributed by atoms with E-state index < -0.39 is 0 Å². The fraction of sp³-hybridized carbons (Fsp3) is 0.714. The number of piperidine rings is 1. The van der Waals surface area contributed by atoms with Crippen LogP contribution < -0.4 is 5.73 Å². The van der Waals surface area contributed by atoms with E-state index in [0.29, 0.717) is 17.5 Å². The minimum Gasteiger partial charge on any atom is -0.337 e. The van der Waals surface area contributed by atoms with Crippen molar-refractivity contribution in [3.8, 4) is 0 Å². The van der Waals surface area contributed by atoms with Gasteiger partial charge in [-0.15, -0.1) is 36.2 Å². The minimum atomic E-state index is 0. The largest absolute Gasteiger partial charge is 0.337 e. The van der Waals surface area contributed by atoms with E-state index in [0.717, 1.165) is 30.9 Å². The summed E-state index contributed by atoms with van der Waals surface area (Å²) in [6, 6.07) is 0.150. The van der Waals surface area contributed by atoms with Crippen molar-refractivity contribution in [2.24, 2.45) is 11.7 Å².